The molecule has 3 rings (SSSR count). The van der Waals surface area contributed by atoms with Gasteiger partial charge in [0.2, 0.25) is 0 Å². The molecule has 2 aromatic heterocycles. The Morgan fingerprint density at radius 1 is 1.45 bits per heavy atom. The molecule has 0 aliphatic heterocycles. The third-order valence-electron chi connectivity index (χ3n) is 3.60. The second-order valence-corrected chi connectivity index (χ2v) is 7.79. The fourth-order valence-electron chi connectivity index (χ4n) is 2.40. The summed E-state index contributed by atoms with van der Waals surface area (Å²) in [6.45, 7) is 4.96. The molecule has 0 aliphatic carbocycles. The molecule has 152 valence electrons. The third kappa shape index (κ3) is 4.66. The van der Waals surface area contributed by atoms with Crippen molar-refractivity contribution < 1.29 is 19.2 Å². The van der Waals surface area contributed by atoms with E-state index in [-0.39, 0.29) is 17.4 Å². The van der Waals surface area contributed by atoms with Crippen LogP contribution in [0, 0.1) is 10.1 Å². The predicted octanol–water partition coefficient (Wildman–Crippen LogP) is 3.61. The number of H-pyrrole nitrogens is 1. The van der Waals surface area contributed by atoms with E-state index in [1.54, 1.807) is 32.2 Å². The number of hydrogen-bond donors (Lipinski definition) is 2. The molecular weight excluding hydrogens is 400 g/mol. The van der Waals surface area contributed by atoms with Crippen molar-refractivity contribution >= 4 is 57.1 Å². The lowest BCUT2D eigenvalue weighted by molar-refractivity contribution is -0.384. The molecule has 0 aliphatic rings. The van der Waals surface area contributed by atoms with Crippen molar-refractivity contribution in [3.05, 3.63) is 33.7 Å². The number of benzene rings is 1. The van der Waals surface area contributed by atoms with E-state index >= 15 is 0 Å². The number of ether oxygens (including phenoxy) is 1. The summed E-state index contributed by atoms with van der Waals surface area (Å²) < 4.78 is 5.31. The standard InChI is InChI=1S/C17H18N6O5S/c1-17(2,3)28-16(25)22(6-7-24)15-19-13(9-29-15)18-14-11-8-10(23(26)27)4-5-12(11)20-21-14/h4-5,7-9H,6H2,1-3H3,(H2,18,20,21). The summed E-state index contributed by atoms with van der Waals surface area (Å²) in [4.78, 5) is 39.3. The Labute approximate surface area is 168 Å². The van der Waals surface area contributed by atoms with Gasteiger partial charge in [0.25, 0.3) is 5.69 Å². The zero-order valence-corrected chi connectivity index (χ0v) is 16.6. The first-order valence-electron chi connectivity index (χ1n) is 8.47. The average molecular weight is 418 g/mol. The minimum Gasteiger partial charge on any atom is -0.443 e. The number of nitro groups is 1. The van der Waals surface area contributed by atoms with Crippen LogP contribution in [0.5, 0.6) is 0 Å². The predicted molar refractivity (Wildman–Crippen MR) is 108 cm³/mol. The molecular formula is C17H18N6O5S. The molecule has 0 radical (unpaired) electrons. The maximum absolute atomic E-state index is 12.4. The van der Waals surface area contributed by atoms with Gasteiger partial charge < -0.3 is 14.8 Å². The first-order valence-corrected chi connectivity index (χ1v) is 9.35. The molecule has 29 heavy (non-hydrogen) atoms. The average Bonchev–Trinajstić information content (AvgIpc) is 3.25. The Morgan fingerprint density at radius 2 is 2.21 bits per heavy atom. The fraction of sp³-hybridized carbons (Fsp3) is 0.294. The fourth-order valence-corrected chi connectivity index (χ4v) is 3.16. The number of carbonyl (C=O) groups is 2. The first-order chi connectivity index (χ1) is 13.7. The molecule has 2 heterocycles. The maximum Gasteiger partial charge on any atom is 0.417 e. The van der Waals surface area contributed by atoms with E-state index in [1.807, 2.05) is 0 Å². The molecule has 0 fully saturated rings. The number of non-ortho nitro benzene ring substituents is 1. The van der Waals surface area contributed by atoms with Crippen molar-refractivity contribution in [2.45, 2.75) is 26.4 Å². The van der Waals surface area contributed by atoms with Gasteiger partial charge in [-0.25, -0.2) is 14.7 Å². The summed E-state index contributed by atoms with van der Waals surface area (Å²) in [7, 11) is 0. The van der Waals surface area contributed by atoms with Crippen LogP contribution < -0.4 is 10.2 Å². The van der Waals surface area contributed by atoms with Crippen molar-refractivity contribution in [1.29, 1.82) is 0 Å². The Kier molecular flexibility index (Phi) is 5.46. The van der Waals surface area contributed by atoms with Crippen LogP contribution in [-0.4, -0.2) is 44.6 Å². The number of fused-ring (bicyclic) bond motifs is 1. The lowest BCUT2D eigenvalue weighted by atomic mass is 10.2. The van der Waals surface area contributed by atoms with E-state index in [9.17, 15) is 19.7 Å². The number of rotatable bonds is 6. The summed E-state index contributed by atoms with van der Waals surface area (Å²) in [6.07, 6.45) is -0.106. The Bertz CT molecular complexity index is 1070. The van der Waals surface area contributed by atoms with Crippen LogP contribution >= 0.6 is 11.3 Å². The molecule has 1 aromatic carbocycles. The molecule has 2 N–H and O–H groups in total. The lowest BCUT2D eigenvalue weighted by Gasteiger charge is -2.24. The van der Waals surface area contributed by atoms with Crippen LogP contribution in [0.15, 0.2) is 23.6 Å². The number of anilines is 3. The van der Waals surface area contributed by atoms with E-state index in [0.717, 1.165) is 16.2 Å². The summed E-state index contributed by atoms with van der Waals surface area (Å²) in [5, 5.41) is 23.3. The molecule has 0 unspecified atom stereocenters. The number of nitro benzene ring substituents is 1. The number of aromatic amines is 1. The largest absolute Gasteiger partial charge is 0.443 e. The second-order valence-electron chi connectivity index (χ2n) is 6.96. The molecule has 11 nitrogen and oxygen atoms in total. The first kappa shape index (κ1) is 20.2. The van der Waals surface area contributed by atoms with Crippen LogP contribution in [0.2, 0.25) is 0 Å². The summed E-state index contributed by atoms with van der Waals surface area (Å²) in [5.74, 6) is 0.712. The van der Waals surface area contributed by atoms with E-state index in [4.69, 9.17) is 4.74 Å². The van der Waals surface area contributed by atoms with Gasteiger partial charge in [0.05, 0.1) is 22.4 Å². The van der Waals surface area contributed by atoms with Crippen LogP contribution in [0.25, 0.3) is 10.9 Å². The molecule has 0 saturated carbocycles. The van der Waals surface area contributed by atoms with Crippen molar-refractivity contribution in [2.75, 3.05) is 16.8 Å². The van der Waals surface area contributed by atoms with Gasteiger partial charge in [-0.2, -0.15) is 5.10 Å². The Hall–Kier alpha value is -3.54. The smallest absolute Gasteiger partial charge is 0.417 e. The summed E-state index contributed by atoms with van der Waals surface area (Å²) in [6, 6.07) is 4.34. The van der Waals surface area contributed by atoms with Gasteiger partial charge in [-0.1, -0.05) is 0 Å². The third-order valence-corrected chi connectivity index (χ3v) is 4.46. The number of carbonyl (C=O) groups excluding carboxylic acids is 2. The Balaban J connectivity index is 1.84. The second kappa shape index (κ2) is 7.83. The molecule has 0 bridgehead atoms. The highest BCUT2D eigenvalue weighted by Gasteiger charge is 2.25. The van der Waals surface area contributed by atoms with Gasteiger partial charge in [-0.15, -0.1) is 11.3 Å². The highest BCUT2D eigenvalue weighted by molar-refractivity contribution is 7.14. The molecule has 0 saturated heterocycles. The number of aromatic nitrogens is 3. The minimum atomic E-state index is -0.723. The highest BCUT2D eigenvalue weighted by Crippen LogP contribution is 2.30. The normalized spacial score (nSPS) is 11.3. The van der Waals surface area contributed by atoms with Crippen molar-refractivity contribution in [2.24, 2.45) is 0 Å². The van der Waals surface area contributed by atoms with Crippen molar-refractivity contribution in [1.82, 2.24) is 15.2 Å². The quantitative estimate of drug-likeness (QED) is 0.351. The number of hydrogen-bond acceptors (Lipinski definition) is 9. The highest BCUT2D eigenvalue weighted by atomic mass is 32.1. The molecule has 0 spiro atoms. The van der Waals surface area contributed by atoms with Crippen molar-refractivity contribution in [3.63, 3.8) is 0 Å². The van der Waals surface area contributed by atoms with Gasteiger partial charge in [0.15, 0.2) is 10.9 Å². The van der Waals surface area contributed by atoms with Gasteiger partial charge >= 0.3 is 6.09 Å². The topological polar surface area (TPSA) is 143 Å². The van der Waals surface area contributed by atoms with Crippen LogP contribution in [0.3, 0.4) is 0 Å². The van der Waals surface area contributed by atoms with E-state index < -0.39 is 16.6 Å². The van der Waals surface area contributed by atoms with Gasteiger partial charge in [-0.05, 0) is 26.8 Å². The molecule has 0 atom stereocenters. The van der Waals surface area contributed by atoms with Gasteiger partial charge in [-0.3, -0.25) is 15.2 Å². The zero-order chi connectivity index (χ0) is 21.2. The monoisotopic (exact) mass is 418 g/mol. The SMILES string of the molecule is CC(C)(C)OC(=O)N(CC=O)c1nc(Nc2n[nH]c3ccc([N+](=O)[O-])cc23)cs1. The van der Waals surface area contributed by atoms with Crippen LogP contribution in [0.1, 0.15) is 20.8 Å². The number of nitrogens with one attached hydrogen (secondary N) is 2. The Morgan fingerprint density at radius 3 is 2.86 bits per heavy atom. The number of amides is 1. The van der Waals surface area contributed by atoms with Crippen molar-refractivity contribution in [3.8, 4) is 0 Å². The number of aldehydes is 1. The summed E-state index contributed by atoms with van der Waals surface area (Å²) in [5.41, 5.74) is -0.174. The van der Waals surface area contributed by atoms with E-state index in [0.29, 0.717) is 28.8 Å². The number of thiazole rings is 1. The molecule has 12 heteroatoms. The lowest BCUT2D eigenvalue weighted by Crippen LogP contribution is -2.37. The zero-order valence-electron chi connectivity index (χ0n) is 15.8. The number of nitrogens with zero attached hydrogens (tertiary/aromatic N) is 4. The molecule has 1 amide bonds. The molecule has 3 aromatic rings. The van der Waals surface area contributed by atoms with E-state index in [1.165, 1.54) is 12.1 Å². The van der Waals surface area contributed by atoms with Gasteiger partial charge in [0, 0.05) is 17.5 Å². The van der Waals surface area contributed by atoms with Gasteiger partial charge in [0.1, 0.15) is 17.7 Å². The van der Waals surface area contributed by atoms with Crippen LogP contribution in [-0.2, 0) is 9.53 Å². The maximum atomic E-state index is 12.4. The minimum absolute atomic E-state index is 0.0667. The summed E-state index contributed by atoms with van der Waals surface area (Å²) >= 11 is 1.13. The van der Waals surface area contributed by atoms with E-state index in [2.05, 4.69) is 20.5 Å². The van der Waals surface area contributed by atoms with Crippen LogP contribution in [0.4, 0.5) is 27.2 Å².